The molecule has 1 heterocycles. The highest BCUT2D eigenvalue weighted by molar-refractivity contribution is 7.15. The van der Waals surface area contributed by atoms with Crippen LogP contribution in [-0.4, -0.2) is 16.9 Å². The van der Waals surface area contributed by atoms with Crippen LogP contribution >= 0.6 is 23.7 Å². The minimum atomic E-state index is -0.609. The first-order chi connectivity index (χ1) is 10.8. The van der Waals surface area contributed by atoms with E-state index in [4.69, 9.17) is 5.73 Å². The smallest absolute Gasteiger partial charge is 0.243 e. The molecular weight excluding hydrogens is 356 g/mol. The highest BCUT2D eigenvalue weighted by atomic mass is 35.5. The monoisotopic (exact) mass is 375 g/mol. The van der Waals surface area contributed by atoms with E-state index in [1.807, 2.05) is 13.8 Å². The lowest BCUT2D eigenvalue weighted by Gasteiger charge is -2.12. The number of anilines is 1. The third-order valence-corrected chi connectivity index (χ3v) is 4.14. The van der Waals surface area contributed by atoms with Crippen LogP contribution in [0.4, 0.5) is 13.9 Å². The topological polar surface area (TPSA) is 68.0 Å². The molecule has 3 N–H and O–H groups in total. The van der Waals surface area contributed by atoms with Crippen molar-refractivity contribution in [3.05, 3.63) is 46.5 Å². The Hall–Kier alpha value is -1.57. The van der Waals surface area contributed by atoms with Crippen molar-refractivity contribution in [1.82, 2.24) is 4.98 Å². The lowest BCUT2D eigenvalue weighted by molar-refractivity contribution is -0.117. The Kier molecular flexibility index (Phi) is 7.72. The number of aromatic nitrogens is 1. The molecule has 24 heavy (non-hydrogen) atoms. The summed E-state index contributed by atoms with van der Waals surface area (Å²) in [5, 5.41) is 3.09. The molecule has 0 aliphatic carbocycles. The Morgan fingerprint density at radius 2 is 2.08 bits per heavy atom. The zero-order valence-electron chi connectivity index (χ0n) is 13.4. The first-order valence-corrected chi connectivity index (χ1v) is 8.12. The van der Waals surface area contributed by atoms with Crippen molar-refractivity contribution in [1.29, 1.82) is 0 Å². The largest absolute Gasteiger partial charge is 0.320 e. The van der Waals surface area contributed by atoms with Gasteiger partial charge < -0.3 is 11.1 Å². The number of nitrogens with zero attached hydrogens (tertiary/aromatic N) is 1. The van der Waals surface area contributed by atoms with Crippen molar-refractivity contribution in [2.24, 2.45) is 11.7 Å². The van der Waals surface area contributed by atoms with Gasteiger partial charge in [-0.15, -0.1) is 23.7 Å². The van der Waals surface area contributed by atoms with E-state index in [0.29, 0.717) is 23.0 Å². The number of benzene rings is 1. The van der Waals surface area contributed by atoms with Gasteiger partial charge in [0.1, 0.15) is 11.6 Å². The molecule has 2 aromatic rings. The van der Waals surface area contributed by atoms with Crippen LogP contribution in [0.1, 0.15) is 30.7 Å². The molecule has 0 unspecified atom stereocenters. The summed E-state index contributed by atoms with van der Waals surface area (Å²) in [5.74, 6) is -1.16. The van der Waals surface area contributed by atoms with Crippen molar-refractivity contribution < 1.29 is 13.6 Å². The molecule has 0 bridgehead atoms. The zero-order chi connectivity index (χ0) is 17.0. The van der Waals surface area contributed by atoms with Crippen molar-refractivity contribution in [3.63, 3.8) is 0 Å². The fourth-order valence-electron chi connectivity index (χ4n) is 2.11. The molecule has 1 atom stereocenters. The number of amides is 1. The molecule has 1 aromatic carbocycles. The van der Waals surface area contributed by atoms with E-state index < -0.39 is 17.7 Å². The van der Waals surface area contributed by atoms with Gasteiger partial charge in [-0.05, 0) is 24.0 Å². The van der Waals surface area contributed by atoms with Gasteiger partial charge in [0.15, 0.2) is 5.13 Å². The molecule has 0 aliphatic rings. The summed E-state index contributed by atoms with van der Waals surface area (Å²) in [6.07, 6.45) is 2.44. The van der Waals surface area contributed by atoms with Crippen LogP contribution in [0.25, 0.3) is 0 Å². The third-order valence-electron chi connectivity index (χ3n) is 3.23. The summed E-state index contributed by atoms with van der Waals surface area (Å²) in [7, 11) is 0. The standard InChI is InChI=1S/C16H19F2N3OS.ClH/c1-9(2)5-14(19)15(22)21-16-20-8-12(23-16)6-10-3-4-11(17)7-13(10)18;/h3-4,7-9,14H,5-6,19H2,1-2H3,(H,20,21,22);1H/t14-;/m0./s1. The summed E-state index contributed by atoms with van der Waals surface area (Å²) < 4.78 is 26.5. The first-order valence-electron chi connectivity index (χ1n) is 7.30. The van der Waals surface area contributed by atoms with E-state index in [1.54, 1.807) is 6.20 Å². The number of carbonyl (C=O) groups is 1. The quantitative estimate of drug-likeness (QED) is 0.808. The summed E-state index contributed by atoms with van der Waals surface area (Å²) in [5.41, 5.74) is 6.19. The Morgan fingerprint density at radius 3 is 2.71 bits per heavy atom. The average Bonchev–Trinajstić information content (AvgIpc) is 2.88. The average molecular weight is 376 g/mol. The fraction of sp³-hybridized carbons (Fsp3) is 0.375. The zero-order valence-corrected chi connectivity index (χ0v) is 15.0. The second-order valence-corrected chi connectivity index (χ2v) is 6.88. The van der Waals surface area contributed by atoms with Crippen molar-refractivity contribution in [2.45, 2.75) is 32.7 Å². The van der Waals surface area contributed by atoms with E-state index >= 15 is 0 Å². The van der Waals surface area contributed by atoms with E-state index in [-0.39, 0.29) is 24.7 Å². The number of carbonyl (C=O) groups excluding carboxylic acids is 1. The maximum atomic E-state index is 13.6. The number of rotatable bonds is 6. The SMILES string of the molecule is CC(C)C[C@H](N)C(=O)Nc1ncc(Cc2ccc(F)cc2F)s1.Cl. The van der Waals surface area contributed by atoms with Gasteiger partial charge in [-0.2, -0.15) is 0 Å². The van der Waals surface area contributed by atoms with Gasteiger partial charge in [0.25, 0.3) is 0 Å². The molecule has 1 aromatic heterocycles. The van der Waals surface area contributed by atoms with Crippen LogP contribution < -0.4 is 11.1 Å². The van der Waals surface area contributed by atoms with Crippen LogP contribution in [0.15, 0.2) is 24.4 Å². The summed E-state index contributed by atoms with van der Waals surface area (Å²) in [6.45, 7) is 3.98. The number of halogens is 3. The predicted molar refractivity (Wildman–Crippen MR) is 94.6 cm³/mol. The van der Waals surface area contributed by atoms with E-state index in [0.717, 1.165) is 10.9 Å². The molecule has 0 saturated carbocycles. The van der Waals surface area contributed by atoms with E-state index in [2.05, 4.69) is 10.3 Å². The first kappa shape index (κ1) is 20.5. The van der Waals surface area contributed by atoms with Crippen LogP contribution in [0.2, 0.25) is 0 Å². The lowest BCUT2D eigenvalue weighted by atomic mass is 10.0. The second kappa shape index (κ2) is 9.05. The van der Waals surface area contributed by atoms with E-state index in [1.165, 1.54) is 23.5 Å². The number of thiazole rings is 1. The molecule has 0 aliphatic heterocycles. The van der Waals surface area contributed by atoms with Crippen molar-refractivity contribution >= 4 is 34.8 Å². The number of nitrogens with one attached hydrogen (secondary N) is 1. The van der Waals surface area contributed by atoms with Gasteiger partial charge in [0, 0.05) is 23.6 Å². The van der Waals surface area contributed by atoms with E-state index in [9.17, 15) is 13.6 Å². The maximum absolute atomic E-state index is 13.6. The van der Waals surface area contributed by atoms with Gasteiger partial charge in [-0.1, -0.05) is 19.9 Å². The predicted octanol–water partition coefficient (Wildman–Crippen LogP) is 3.75. The molecule has 0 fully saturated rings. The minimum Gasteiger partial charge on any atom is -0.320 e. The molecule has 8 heteroatoms. The molecule has 4 nitrogen and oxygen atoms in total. The van der Waals surface area contributed by atoms with Gasteiger partial charge in [0.2, 0.25) is 5.91 Å². The maximum Gasteiger partial charge on any atom is 0.243 e. The Morgan fingerprint density at radius 1 is 1.38 bits per heavy atom. The highest BCUT2D eigenvalue weighted by Crippen LogP contribution is 2.23. The molecular formula is C16H20ClF2N3OS. The third kappa shape index (κ3) is 5.81. The molecule has 0 spiro atoms. The summed E-state index contributed by atoms with van der Waals surface area (Å²) in [4.78, 5) is 16.8. The molecule has 2 rings (SSSR count). The molecule has 0 radical (unpaired) electrons. The van der Waals surface area contributed by atoms with Crippen molar-refractivity contribution in [2.75, 3.05) is 5.32 Å². The van der Waals surface area contributed by atoms with Crippen LogP contribution in [0.5, 0.6) is 0 Å². The highest BCUT2D eigenvalue weighted by Gasteiger charge is 2.16. The van der Waals surface area contributed by atoms with Crippen LogP contribution in [0.3, 0.4) is 0 Å². The normalized spacial score (nSPS) is 11.9. The van der Waals surface area contributed by atoms with Gasteiger partial charge in [-0.25, -0.2) is 13.8 Å². The summed E-state index contributed by atoms with van der Waals surface area (Å²) >= 11 is 1.25. The Bertz CT molecular complexity index is 694. The number of hydrogen-bond donors (Lipinski definition) is 2. The number of nitrogens with two attached hydrogens (primary N) is 1. The number of hydrogen-bond acceptors (Lipinski definition) is 4. The van der Waals surface area contributed by atoms with Gasteiger partial charge in [-0.3, -0.25) is 4.79 Å². The lowest BCUT2D eigenvalue weighted by Crippen LogP contribution is -2.36. The van der Waals surface area contributed by atoms with Crippen LogP contribution in [0, 0.1) is 17.6 Å². The van der Waals surface area contributed by atoms with Gasteiger partial charge >= 0.3 is 0 Å². The Labute approximate surface area is 149 Å². The second-order valence-electron chi connectivity index (χ2n) is 5.77. The van der Waals surface area contributed by atoms with Gasteiger partial charge in [0.05, 0.1) is 6.04 Å². The van der Waals surface area contributed by atoms with Crippen molar-refractivity contribution in [3.8, 4) is 0 Å². The minimum absolute atomic E-state index is 0. The molecule has 0 saturated heterocycles. The summed E-state index contributed by atoms with van der Waals surface area (Å²) in [6, 6.07) is 2.88. The Balaban J connectivity index is 0.00000288. The fourth-order valence-corrected chi connectivity index (χ4v) is 2.95. The molecule has 132 valence electrons. The van der Waals surface area contributed by atoms with Crippen LogP contribution in [-0.2, 0) is 11.2 Å². The molecule has 1 amide bonds.